The molecule has 0 saturated heterocycles. The van der Waals surface area contributed by atoms with E-state index < -0.39 is 21.2 Å². The molecular weight excluding hydrogens is 740 g/mol. The zero-order chi connectivity index (χ0) is 36.8. The molecule has 0 amide bonds. The van der Waals surface area contributed by atoms with Crippen LogP contribution in [0.15, 0.2) is 152 Å². The van der Waals surface area contributed by atoms with Gasteiger partial charge in [0.2, 0.25) is 0 Å². The van der Waals surface area contributed by atoms with E-state index in [-0.39, 0.29) is 28.5 Å². The van der Waals surface area contributed by atoms with Crippen molar-refractivity contribution in [3.8, 4) is 39.1 Å². The molecular formula is C44H28CuN6O4+2. The van der Waals surface area contributed by atoms with E-state index in [0.717, 1.165) is 33.5 Å². The van der Waals surface area contributed by atoms with Crippen molar-refractivity contribution in [1.82, 2.24) is 19.5 Å². The molecule has 3 aromatic heterocycles. The number of benzene rings is 4. The quantitative estimate of drug-likeness (QED) is 0.102. The van der Waals surface area contributed by atoms with E-state index in [1.54, 1.807) is 6.07 Å². The van der Waals surface area contributed by atoms with Crippen LogP contribution in [0.2, 0.25) is 0 Å². The molecule has 55 heavy (non-hydrogen) atoms. The number of aromatic nitrogens is 4. The summed E-state index contributed by atoms with van der Waals surface area (Å²) >= 11 is 0. The molecule has 1 N–H and O–H groups in total. The molecule has 0 atom stereocenters. The number of para-hydroxylation sites is 1. The fraction of sp³-hybridized carbons (Fsp3) is 0. The van der Waals surface area contributed by atoms with E-state index >= 15 is 0 Å². The third kappa shape index (κ3) is 6.23. The summed E-state index contributed by atoms with van der Waals surface area (Å²) in [5.41, 5.74) is 7.30. The van der Waals surface area contributed by atoms with Crippen LogP contribution in [-0.2, 0) is 17.1 Å². The Kier molecular flexibility index (Phi) is 9.08. The summed E-state index contributed by atoms with van der Waals surface area (Å²) in [6.07, 6.45) is 3.89. The van der Waals surface area contributed by atoms with Gasteiger partial charge in [-0.2, -0.15) is 0 Å². The Morgan fingerprint density at radius 3 is 1.58 bits per heavy atom. The largest absolute Gasteiger partial charge is 2.00 e. The summed E-state index contributed by atoms with van der Waals surface area (Å²) in [7, 11) is 0. The number of hydrogen-bond donors (Lipinski definition) is 1. The molecule has 0 spiro atoms. The van der Waals surface area contributed by atoms with E-state index in [1.165, 1.54) is 6.07 Å². The van der Waals surface area contributed by atoms with Gasteiger partial charge in [-0.05, 0) is 71.3 Å². The maximum Gasteiger partial charge on any atom is 2.00 e. The normalized spacial score (nSPS) is 12.0. The minimum Gasteiger partial charge on any atom is -0.355 e. The van der Waals surface area contributed by atoms with Crippen LogP contribution >= 0.6 is 0 Å². The standard InChI is InChI=1S/C44H28N6O4.Cu/c51-49(52)42-36-26-33-23-21-31(45-33)25-32-22-24-34(46-32)27-37-38(28-13-5-1-6-14-28)39(29-15-7-2-8-16-29)43(48(37)35-19-11-4-12-20-35)40(30-17-9-3-10-18-30)41(47-36)44(42)50(53)54;/h1-27,45H;/q;+2. The first-order valence-corrected chi connectivity index (χ1v) is 17.2. The topological polar surface area (TPSA) is 133 Å². The Balaban J connectivity index is 0.00000427. The van der Waals surface area contributed by atoms with Crippen molar-refractivity contribution in [3.63, 3.8) is 0 Å². The Bertz CT molecular complexity index is 2870. The molecule has 0 aliphatic carbocycles. The van der Waals surface area contributed by atoms with Gasteiger partial charge < -0.3 is 9.55 Å². The molecule has 8 bridgehead atoms. The molecule has 10 nitrogen and oxygen atoms in total. The average Bonchev–Trinajstić information content (AvgIpc) is 3.99. The third-order valence-electron chi connectivity index (χ3n) is 9.47. The van der Waals surface area contributed by atoms with Crippen LogP contribution in [0.5, 0.6) is 0 Å². The van der Waals surface area contributed by atoms with Gasteiger partial charge in [0.05, 0.1) is 32.3 Å². The van der Waals surface area contributed by atoms with Gasteiger partial charge in [0, 0.05) is 33.4 Å². The number of H-pyrrole nitrogens is 1. The average molecular weight is 768 g/mol. The molecule has 267 valence electrons. The zero-order valence-corrected chi connectivity index (χ0v) is 29.7. The van der Waals surface area contributed by atoms with Gasteiger partial charge in [-0.25, -0.2) is 9.97 Å². The molecule has 11 heteroatoms. The number of nitro groups is 2. The number of nitrogens with zero attached hydrogens (tertiary/aromatic N) is 5. The first kappa shape index (κ1) is 34.9. The van der Waals surface area contributed by atoms with Crippen LogP contribution in [0.3, 0.4) is 0 Å². The van der Waals surface area contributed by atoms with Crippen LogP contribution in [0, 0.1) is 20.2 Å². The molecule has 4 aromatic carbocycles. The minimum atomic E-state index is -0.717. The van der Waals surface area contributed by atoms with E-state index in [0.29, 0.717) is 39.1 Å². The maximum absolute atomic E-state index is 13.2. The molecule has 5 heterocycles. The van der Waals surface area contributed by atoms with E-state index in [9.17, 15) is 20.2 Å². The van der Waals surface area contributed by atoms with Gasteiger partial charge in [0.25, 0.3) is 0 Å². The second kappa shape index (κ2) is 14.3. The van der Waals surface area contributed by atoms with Crippen molar-refractivity contribution in [2.24, 2.45) is 0 Å². The second-order valence-electron chi connectivity index (χ2n) is 12.8. The van der Waals surface area contributed by atoms with Crippen molar-refractivity contribution in [2.45, 2.75) is 0 Å². The first-order valence-electron chi connectivity index (χ1n) is 17.2. The summed E-state index contributed by atoms with van der Waals surface area (Å²) < 4.78 is 2.07. The molecule has 0 saturated carbocycles. The van der Waals surface area contributed by atoms with Gasteiger partial charge in [0.15, 0.2) is 11.4 Å². The SMILES string of the molecule is O=[N+]([O-])C1=C([N+](=O)[O-])c2nc1cc1ccc(cc3nc(cc4c(-c5ccccc5)c(-c5ccccc5)c(c2-c2ccccc2)n4-c2ccccc2)C=C3)[nH]1.[Cu+2]. The monoisotopic (exact) mass is 767 g/mol. The second-order valence-corrected chi connectivity index (χ2v) is 12.8. The fourth-order valence-corrected chi connectivity index (χ4v) is 7.27. The summed E-state index contributed by atoms with van der Waals surface area (Å²) in [6, 6.07) is 47.7. The Labute approximate surface area is 324 Å². The van der Waals surface area contributed by atoms with E-state index in [2.05, 4.69) is 9.55 Å². The van der Waals surface area contributed by atoms with Crippen molar-refractivity contribution >= 4 is 45.6 Å². The predicted molar refractivity (Wildman–Crippen MR) is 212 cm³/mol. The maximum atomic E-state index is 13.2. The van der Waals surface area contributed by atoms with E-state index in [1.807, 2.05) is 152 Å². The number of nitrogens with one attached hydrogen (secondary N) is 1. The van der Waals surface area contributed by atoms with Crippen LogP contribution in [0.1, 0.15) is 22.8 Å². The summed E-state index contributed by atoms with van der Waals surface area (Å²) in [6.45, 7) is 0. The summed E-state index contributed by atoms with van der Waals surface area (Å²) in [5, 5.41) is 26.1. The molecule has 7 aromatic rings. The molecule has 0 unspecified atom stereocenters. The van der Waals surface area contributed by atoms with Crippen molar-refractivity contribution in [3.05, 3.63) is 195 Å². The number of hydrogen-bond acceptors (Lipinski definition) is 6. The van der Waals surface area contributed by atoms with Crippen molar-refractivity contribution < 1.29 is 26.9 Å². The fourth-order valence-electron chi connectivity index (χ4n) is 7.27. The van der Waals surface area contributed by atoms with Gasteiger partial charge in [-0.15, -0.1) is 0 Å². The van der Waals surface area contributed by atoms with Crippen LogP contribution < -0.4 is 0 Å². The molecule has 2 aliphatic heterocycles. The number of rotatable bonds is 6. The van der Waals surface area contributed by atoms with Gasteiger partial charge >= 0.3 is 28.5 Å². The van der Waals surface area contributed by atoms with E-state index in [4.69, 9.17) is 9.97 Å². The third-order valence-corrected chi connectivity index (χ3v) is 9.47. The summed E-state index contributed by atoms with van der Waals surface area (Å²) in [4.78, 5) is 37.8. The Morgan fingerprint density at radius 2 is 1.02 bits per heavy atom. The van der Waals surface area contributed by atoms with Crippen molar-refractivity contribution in [1.29, 1.82) is 0 Å². The predicted octanol–water partition coefficient (Wildman–Crippen LogP) is 10.3. The minimum absolute atomic E-state index is 0. The molecule has 1 radical (unpaired) electrons. The number of aromatic amines is 1. The Morgan fingerprint density at radius 1 is 0.527 bits per heavy atom. The van der Waals surface area contributed by atoms with Gasteiger partial charge in [-0.1, -0.05) is 109 Å². The molecule has 0 fully saturated rings. The Hall–Kier alpha value is -7.20. The van der Waals surface area contributed by atoms with Gasteiger partial charge in [0.1, 0.15) is 0 Å². The molecule has 9 rings (SSSR count). The van der Waals surface area contributed by atoms with Crippen LogP contribution in [-0.4, -0.2) is 29.4 Å². The summed E-state index contributed by atoms with van der Waals surface area (Å²) in [5.74, 6) is 0. The van der Waals surface area contributed by atoms with Gasteiger partial charge in [-0.3, -0.25) is 20.2 Å². The van der Waals surface area contributed by atoms with Crippen LogP contribution in [0.25, 0.3) is 84.7 Å². The number of fused-ring (bicyclic) bond motifs is 8. The smallest absolute Gasteiger partial charge is 0.355 e. The molecule has 2 aliphatic rings. The zero-order valence-electron chi connectivity index (χ0n) is 28.8. The van der Waals surface area contributed by atoms with Crippen molar-refractivity contribution in [2.75, 3.05) is 0 Å². The van der Waals surface area contributed by atoms with Crippen LogP contribution in [0.4, 0.5) is 0 Å². The first-order chi connectivity index (χ1) is 26.4.